The second kappa shape index (κ2) is 10.7. The summed E-state index contributed by atoms with van der Waals surface area (Å²) in [6, 6.07) is 11.5. The van der Waals surface area contributed by atoms with E-state index in [-0.39, 0.29) is 16.4 Å². The van der Waals surface area contributed by atoms with Gasteiger partial charge >= 0.3 is 5.97 Å². The minimum Gasteiger partial charge on any atom is -0.464 e. The summed E-state index contributed by atoms with van der Waals surface area (Å²) in [5.41, 5.74) is 5.79. The van der Waals surface area contributed by atoms with Gasteiger partial charge in [-0.25, -0.2) is 9.18 Å². The molecule has 172 valence electrons. The molecule has 0 bridgehead atoms. The van der Waals surface area contributed by atoms with Crippen molar-refractivity contribution < 1.29 is 27.8 Å². The largest absolute Gasteiger partial charge is 0.464 e. The molecule has 7 nitrogen and oxygen atoms in total. The van der Waals surface area contributed by atoms with E-state index in [0.717, 1.165) is 11.0 Å². The number of halogens is 5. The SMILES string of the molecule is Nc1c(Cl)c(F)nc(OCC(=O)OCC(=O)N(c2ccc(Cl)cc2)c2cccc(F)c2)c1Cl. The molecule has 33 heavy (non-hydrogen) atoms. The number of hydrogen-bond acceptors (Lipinski definition) is 6. The number of rotatable bonds is 7. The van der Waals surface area contributed by atoms with Crippen molar-refractivity contribution >= 4 is 63.7 Å². The second-order valence-electron chi connectivity index (χ2n) is 6.38. The van der Waals surface area contributed by atoms with Crippen molar-refractivity contribution in [3.05, 3.63) is 75.4 Å². The van der Waals surface area contributed by atoms with Crippen molar-refractivity contribution in [2.45, 2.75) is 0 Å². The van der Waals surface area contributed by atoms with Crippen molar-refractivity contribution in [2.24, 2.45) is 0 Å². The van der Waals surface area contributed by atoms with E-state index in [9.17, 15) is 18.4 Å². The van der Waals surface area contributed by atoms with Crippen LogP contribution in [0.25, 0.3) is 0 Å². The Morgan fingerprint density at radius 3 is 2.33 bits per heavy atom. The minimum absolute atomic E-state index is 0.206. The summed E-state index contributed by atoms with van der Waals surface area (Å²) < 4.78 is 37.3. The Balaban J connectivity index is 1.69. The van der Waals surface area contributed by atoms with Crippen LogP contribution in [0, 0.1) is 11.8 Å². The molecule has 0 aliphatic rings. The minimum atomic E-state index is -1.13. The Hall–Kier alpha value is -3.14. The molecule has 2 aromatic carbocycles. The molecule has 3 aromatic rings. The van der Waals surface area contributed by atoms with Gasteiger partial charge in [0.2, 0.25) is 11.8 Å². The van der Waals surface area contributed by atoms with Gasteiger partial charge in [0.1, 0.15) is 15.9 Å². The molecule has 1 amide bonds. The number of carbonyl (C=O) groups excluding carboxylic acids is 2. The highest BCUT2D eigenvalue weighted by Crippen LogP contribution is 2.35. The van der Waals surface area contributed by atoms with E-state index >= 15 is 0 Å². The Labute approximate surface area is 201 Å². The van der Waals surface area contributed by atoms with Gasteiger partial charge in [0, 0.05) is 10.7 Å². The molecule has 0 unspecified atom stereocenters. The first-order valence-corrected chi connectivity index (χ1v) is 10.2. The number of anilines is 3. The van der Waals surface area contributed by atoms with E-state index in [2.05, 4.69) is 4.98 Å². The van der Waals surface area contributed by atoms with Gasteiger partial charge in [0.25, 0.3) is 5.91 Å². The quantitative estimate of drug-likeness (QED) is 0.343. The monoisotopic (exact) mass is 515 g/mol. The number of nitrogen functional groups attached to an aromatic ring is 1. The molecule has 0 aliphatic carbocycles. The molecule has 0 spiro atoms. The van der Waals surface area contributed by atoms with Crippen LogP contribution >= 0.6 is 34.8 Å². The number of pyridine rings is 1. The Morgan fingerprint density at radius 2 is 1.67 bits per heavy atom. The molecule has 1 heterocycles. The summed E-state index contributed by atoms with van der Waals surface area (Å²) in [6.45, 7) is -1.46. The summed E-state index contributed by atoms with van der Waals surface area (Å²) in [4.78, 5) is 29.4. The predicted molar refractivity (Wildman–Crippen MR) is 120 cm³/mol. The molecule has 2 N–H and O–H groups in total. The van der Waals surface area contributed by atoms with E-state index in [4.69, 9.17) is 50.0 Å². The highest BCUT2D eigenvalue weighted by Gasteiger charge is 2.22. The first-order chi connectivity index (χ1) is 15.7. The Bertz CT molecular complexity index is 1200. The van der Waals surface area contributed by atoms with Crippen LogP contribution in [0.3, 0.4) is 0 Å². The van der Waals surface area contributed by atoms with Crippen LogP contribution in [0.4, 0.5) is 25.8 Å². The fourth-order valence-electron chi connectivity index (χ4n) is 2.62. The Kier molecular flexibility index (Phi) is 7.91. The van der Waals surface area contributed by atoms with Crippen LogP contribution in [0.15, 0.2) is 48.5 Å². The van der Waals surface area contributed by atoms with Crippen molar-refractivity contribution in [1.82, 2.24) is 4.98 Å². The second-order valence-corrected chi connectivity index (χ2v) is 7.58. The van der Waals surface area contributed by atoms with E-state index in [0.29, 0.717) is 10.7 Å². The van der Waals surface area contributed by atoms with Gasteiger partial charge in [-0.3, -0.25) is 9.69 Å². The number of benzene rings is 2. The summed E-state index contributed by atoms with van der Waals surface area (Å²) in [7, 11) is 0. The third kappa shape index (κ3) is 6.01. The number of amides is 1. The van der Waals surface area contributed by atoms with Gasteiger partial charge in [0.05, 0.1) is 11.4 Å². The molecule has 0 fully saturated rings. The third-order valence-electron chi connectivity index (χ3n) is 4.13. The summed E-state index contributed by atoms with van der Waals surface area (Å²) in [5, 5.41) is -0.342. The molecular weight excluding hydrogens is 503 g/mol. The molecule has 0 radical (unpaired) electrons. The molecule has 0 saturated carbocycles. The van der Waals surface area contributed by atoms with Crippen LogP contribution in [-0.2, 0) is 14.3 Å². The highest BCUT2D eigenvalue weighted by atomic mass is 35.5. The average Bonchev–Trinajstić information content (AvgIpc) is 2.79. The number of nitrogens with two attached hydrogens (primary N) is 1. The lowest BCUT2D eigenvalue weighted by Gasteiger charge is -2.23. The number of carbonyl (C=O) groups is 2. The topological polar surface area (TPSA) is 94.8 Å². The van der Waals surface area contributed by atoms with E-state index in [1.54, 1.807) is 24.3 Å². The fourth-order valence-corrected chi connectivity index (χ4v) is 3.13. The molecule has 12 heteroatoms. The number of ether oxygens (including phenoxy) is 2. The zero-order chi connectivity index (χ0) is 24.1. The zero-order valence-corrected chi connectivity index (χ0v) is 18.8. The van der Waals surface area contributed by atoms with Gasteiger partial charge in [-0.1, -0.05) is 40.9 Å². The highest BCUT2D eigenvalue weighted by molar-refractivity contribution is 6.39. The maximum absolute atomic E-state index is 13.7. The van der Waals surface area contributed by atoms with Crippen molar-refractivity contribution in [3.8, 4) is 5.88 Å². The van der Waals surface area contributed by atoms with Crippen molar-refractivity contribution in [2.75, 3.05) is 23.8 Å². The van der Waals surface area contributed by atoms with Crippen LogP contribution in [0.2, 0.25) is 15.1 Å². The molecule has 0 saturated heterocycles. The maximum atomic E-state index is 13.7. The normalized spacial score (nSPS) is 10.6. The van der Waals surface area contributed by atoms with Gasteiger partial charge in [-0.15, -0.1) is 0 Å². The third-order valence-corrected chi connectivity index (χ3v) is 5.10. The lowest BCUT2D eigenvalue weighted by molar-refractivity contribution is -0.149. The maximum Gasteiger partial charge on any atom is 0.344 e. The van der Waals surface area contributed by atoms with Gasteiger partial charge < -0.3 is 15.2 Å². The summed E-state index contributed by atoms with van der Waals surface area (Å²) >= 11 is 17.3. The lowest BCUT2D eigenvalue weighted by Crippen LogP contribution is -2.31. The van der Waals surface area contributed by atoms with E-state index in [1.165, 1.54) is 18.2 Å². The van der Waals surface area contributed by atoms with Gasteiger partial charge in [0.15, 0.2) is 13.2 Å². The van der Waals surface area contributed by atoms with Crippen molar-refractivity contribution in [1.29, 1.82) is 0 Å². The van der Waals surface area contributed by atoms with E-state index in [1.807, 2.05) is 0 Å². The molecule has 0 atom stereocenters. The van der Waals surface area contributed by atoms with Crippen LogP contribution in [-0.4, -0.2) is 30.1 Å². The lowest BCUT2D eigenvalue weighted by atomic mass is 10.2. The molecule has 3 rings (SSSR count). The summed E-state index contributed by atoms with van der Waals surface area (Å²) in [5.74, 6) is -3.84. The van der Waals surface area contributed by atoms with E-state index < -0.39 is 47.8 Å². The smallest absolute Gasteiger partial charge is 0.344 e. The predicted octanol–water partition coefficient (Wildman–Crippen LogP) is 5.19. The standard InChI is InChI=1S/C21H14Cl3F2N3O4/c22-11-4-6-13(7-5-11)29(14-3-1-2-12(25)8-14)15(30)9-32-16(31)10-33-21-18(24)19(27)17(23)20(26)28-21/h1-8H,9-10H2,(H2,27,28). The van der Waals surface area contributed by atoms with Crippen molar-refractivity contribution in [3.63, 3.8) is 0 Å². The average molecular weight is 517 g/mol. The Morgan fingerprint density at radius 1 is 0.970 bits per heavy atom. The summed E-state index contributed by atoms with van der Waals surface area (Å²) in [6.07, 6.45) is 0. The zero-order valence-electron chi connectivity index (χ0n) is 16.5. The first kappa shape index (κ1) is 24.5. The molecule has 1 aromatic heterocycles. The number of hydrogen-bond donors (Lipinski definition) is 1. The first-order valence-electron chi connectivity index (χ1n) is 9.10. The van der Waals surface area contributed by atoms with Crippen LogP contribution in [0.5, 0.6) is 5.88 Å². The van der Waals surface area contributed by atoms with Crippen LogP contribution < -0.4 is 15.4 Å². The van der Waals surface area contributed by atoms with Gasteiger partial charge in [-0.2, -0.15) is 9.37 Å². The molecule has 0 aliphatic heterocycles. The number of esters is 1. The number of aromatic nitrogens is 1. The molecular formula is C21H14Cl3F2N3O4. The fraction of sp³-hybridized carbons (Fsp3) is 0.0952. The van der Waals surface area contributed by atoms with Gasteiger partial charge in [-0.05, 0) is 42.5 Å². The number of nitrogens with zero attached hydrogens (tertiary/aromatic N) is 2. The van der Waals surface area contributed by atoms with Crippen LogP contribution in [0.1, 0.15) is 0 Å².